The Balaban J connectivity index is 1.79. The molecule has 0 radical (unpaired) electrons. The summed E-state index contributed by atoms with van der Waals surface area (Å²) < 4.78 is 10.4. The molecular weight excluding hydrogens is 316 g/mol. The molecule has 0 unspecified atom stereocenters. The number of carbonyl (C=O) groups excluding carboxylic acids is 1. The Kier molecular flexibility index (Phi) is 6.43. The molecule has 0 fully saturated rings. The van der Waals surface area contributed by atoms with E-state index in [4.69, 9.17) is 14.3 Å². The number of methoxy groups -OCH3 is 2. The van der Waals surface area contributed by atoms with Crippen LogP contribution in [-0.4, -0.2) is 32.9 Å². The monoisotopic (exact) mass is 334 g/mol. The molecule has 0 spiro atoms. The number of carbonyl (C=O) groups is 1. The molecule has 0 saturated carbocycles. The van der Waals surface area contributed by atoms with Gasteiger partial charge in [-0.3, -0.25) is 4.79 Å². The largest absolute Gasteiger partial charge is 0.497 e. The zero-order valence-electron chi connectivity index (χ0n) is 12.9. The highest BCUT2D eigenvalue weighted by Gasteiger charge is 2.04. The van der Waals surface area contributed by atoms with Crippen molar-refractivity contribution in [3.63, 3.8) is 0 Å². The summed E-state index contributed by atoms with van der Waals surface area (Å²) in [6.07, 6.45) is 1.49. The number of thiophene rings is 1. The maximum Gasteiger partial charge on any atom is 0.261 e. The highest BCUT2D eigenvalue weighted by molar-refractivity contribution is 7.09. The van der Waals surface area contributed by atoms with Crippen LogP contribution in [0.15, 0.2) is 40.9 Å². The minimum Gasteiger partial charge on any atom is -0.497 e. The van der Waals surface area contributed by atoms with Crippen molar-refractivity contribution in [2.45, 2.75) is 6.54 Å². The van der Waals surface area contributed by atoms with E-state index in [2.05, 4.69) is 10.5 Å². The average molecular weight is 334 g/mol. The van der Waals surface area contributed by atoms with Crippen molar-refractivity contribution in [1.82, 2.24) is 5.32 Å². The molecule has 0 atom stereocenters. The second-order valence-electron chi connectivity index (χ2n) is 4.47. The zero-order valence-corrected chi connectivity index (χ0v) is 13.8. The molecular formula is C16H18N2O4S. The Morgan fingerprint density at radius 1 is 1.30 bits per heavy atom. The van der Waals surface area contributed by atoms with Gasteiger partial charge in [0.2, 0.25) is 0 Å². The molecule has 0 aliphatic heterocycles. The average Bonchev–Trinajstić information content (AvgIpc) is 3.10. The third-order valence-electron chi connectivity index (χ3n) is 2.94. The molecule has 6 nitrogen and oxygen atoms in total. The predicted octanol–water partition coefficient (Wildman–Crippen LogP) is 2.43. The van der Waals surface area contributed by atoms with E-state index < -0.39 is 0 Å². The first-order valence-corrected chi connectivity index (χ1v) is 7.77. The van der Waals surface area contributed by atoms with Crippen LogP contribution in [-0.2, 0) is 16.2 Å². The molecule has 23 heavy (non-hydrogen) atoms. The van der Waals surface area contributed by atoms with Gasteiger partial charge in [0.05, 0.1) is 27.0 Å². The van der Waals surface area contributed by atoms with E-state index in [9.17, 15) is 4.79 Å². The first kappa shape index (κ1) is 16.8. The molecule has 0 saturated heterocycles. The van der Waals surface area contributed by atoms with E-state index >= 15 is 0 Å². The second-order valence-corrected chi connectivity index (χ2v) is 5.50. The van der Waals surface area contributed by atoms with E-state index in [0.29, 0.717) is 18.0 Å². The molecule has 1 heterocycles. The van der Waals surface area contributed by atoms with Crippen LogP contribution in [0.1, 0.15) is 10.4 Å². The Bertz CT molecular complexity index is 656. The van der Waals surface area contributed by atoms with Gasteiger partial charge < -0.3 is 19.6 Å². The third kappa shape index (κ3) is 5.30. The van der Waals surface area contributed by atoms with E-state index in [-0.39, 0.29) is 12.5 Å². The van der Waals surface area contributed by atoms with Crippen LogP contribution in [0.3, 0.4) is 0 Å². The number of rotatable bonds is 8. The van der Waals surface area contributed by atoms with E-state index in [1.165, 1.54) is 6.21 Å². The van der Waals surface area contributed by atoms with Crippen LogP contribution < -0.4 is 14.8 Å². The van der Waals surface area contributed by atoms with Crippen molar-refractivity contribution in [2.24, 2.45) is 5.16 Å². The number of ether oxygens (including phenoxy) is 2. The van der Waals surface area contributed by atoms with Crippen molar-refractivity contribution < 1.29 is 19.1 Å². The fraction of sp³-hybridized carbons (Fsp3) is 0.250. The van der Waals surface area contributed by atoms with Gasteiger partial charge in [0.25, 0.3) is 5.91 Å². The normalized spacial score (nSPS) is 10.5. The summed E-state index contributed by atoms with van der Waals surface area (Å²) in [6.45, 7) is 0.357. The summed E-state index contributed by atoms with van der Waals surface area (Å²) in [5, 5.41) is 8.50. The molecule has 1 N–H and O–H groups in total. The molecule has 7 heteroatoms. The number of nitrogens with one attached hydrogen (secondary N) is 1. The van der Waals surface area contributed by atoms with Gasteiger partial charge in [-0.15, -0.1) is 11.3 Å². The first-order valence-electron chi connectivity index (χ1n) is 6.89. The molecule has 1 aromatic heterocycles. The quantitative estimate of drug-likeness (QED) is 0.595. The van der Waals surface area contributed by atoms with Crippen molar-refractivity contribution in [2.75, 3.05) is 20.8 Å². The molecule has 2 aromatic rings. The van der Waals surface area contributed by atoms with Crippen molar-refractivity contribution in [3.05, 3.63) is 46.2 Å². The number of hydrogen-bond donors (Lipinski definition) is 1. The van der Waals surface area contributed by atoms with Crippen LogP contribution in [0.2, 0.25) is 0 Å². The van der Waals surface area contributed by atoms with Gasteiger partial charge in [-0.1, -0.05) is 11.2 Å². The Hall–Kier alpha value is -2.54. The number of amides is 1. The Morgan fingerprint density at radius 2 is 2.17 bits per heavy atom. The van der Waals surface area contributed by atoms with Crippen LogP contribution >= 0.6 is 11.3 Å². The molecule has 2 rings (SSSR count). The SMILES string of the molecule is COc1ccc(/C=N\OCC(=O)NCc2cccs2)c(OC)c1. The van der Waals surface area contributed by atoms with Gasteiger partial charge in [-0.2, -0.15) is 0 Å². The van der Waals surface area contributed by atoms with Gasteiger partial charge >= 0.3 is 0 Å². The Labute approximate surface area is 138 Å². The highest BCUT2D eigenvalue weighted by Crippen LogP contribution is 2.23. The van der Waals surface area contributed by atoms with Gasteiger partial charge in [-0.25, -0.2) is 0 Å². The molecule has 0 aliphatic rings. The van der Waals surface area contributed by atoms with E-state index in [1.807, 2.05) is 17.5 Å². The fourth-order valence-electron chi connectivity index (χ4n) is 1.76. The van der Waals surface area contributed by atoms with Gasteiger partial charge in [0.15, 0.2) is 6.61 Å². The minimum atomic E-state index is -0.225. The standard InChI is InChI=1S/C16H18N2O4S/c1-20-13-6-5-12(15(8-13)21-2)9-18-22-11-16(19)17-10-14-4-3-7-23-14/h3-9H,10-11H2,1-2H3,(H,17,19)/b18-9-. The number of hydrogen-bond acceptors (Lipinski definition) is 6. The maximum absolute atomic E-state index is 11.6. The van der Waals surface area contributed by atoms with Crippen molar-refractivity contribution >= 4 is 23.5 Å². The molecule has 0 aliphatic carbocycles. The lowest BCUT2D eigenvalue weighted by Crippen LogP contribution is -2.26. The zero-order chi connectivity index (χ0) is 16.5. The summed E-state index contributed by atoms with van der Waals surface area (Å²) in [7, 11) is 3.14. The van der Waals surface area contributed by atoms with Crippen LogP contribution in [0.25, 0.3) is 0 Å². The van der Waals surface area contributed by atoms with E-state index in [0.717, 1.165) is 10.4 Å². The van der Waals surface area contributed by atoms with Gasteiger partial charge in [0.1, 0.15) is 11.5 Å². The smallest absolute Gasteiger partial charge is 0.261 e. The highest BCUT2D eigenvalue weighted by atomic mass is 32.1. The van der Waals surface area contributed by atoms with Crippen LogP contribution in [0.4, 0.5) is 0 Å². The topological polar surface area (TPSA) is 69.2 Å². The summed E-state index contributed by atoms with van der Waals surface area (Å²) in [4.78, 5) is 17.7. The fourth-order valence-corrected chi connectivity index (χ4v) is 2.41. The van der Waals surface area contributed by atoms with Gasteiger partial charge in [-0.05, 0) is 23.6 Å². The maximum atomic E-state index is 11.6. The summed E-state index contributed by atoms with van der Waals surface area (Å²) >= 11 is 1.59. The molecule has 1 aromatic carbocycles. The van der Waals surface area contributed by atoms with Crippen LogP contribution in [0, 0.1) is 0 Å². The second kappa shape index (κ2) is 8.79. The third-order valence-corrected chi connectivity index (χ3v) is 3.82. The molecule has 1 amide bonds. The van der Waals surface area contributed by atoms with Crippen molar-refractivity contribution in [3.8, 4) is 11.5 Å². The number of benzene rings is 1. The first-order chi connectivity index (χ1) is 11.2. The number of nitrogens with zero attached hydrogens (tertiary/aromatic N) is 1. The summed E-state index contributed by atoms with van der Waals surface area (Å²) in [5.41, 5.74) is 0.729. The minimum absolute atomic E-state index is 0.139. The lowest BCUT2D eigenvalue weighted by Gasteiger charge is -2.06. The predicted molar refractivity (Wildman–Crippen MR) is 89.3 cm³/mol. The lowest BCUT2D eigenvalue weighted by molar-refractivity contribution is -0.125. The van der Waals surface area contributed by atoms with E-state index in [1.54, 1.807) is 43.8 Å². The molecule has 122 valence electrons. The number of oxime groups is 1. The van der Waals surface area contributed by atoms with Crippen molar-refractivity contribution in [1.29, 1.82) is 0 Å². The molecule has 0 bridgehead atoms. The van der Waals surface area contributed by atoms with Gasteiger partial charge in [0, 0.05) is 16.5 Å². The summed E-state index contributed by atoms with van der Waals surface area (Å²) in [5.74, 6) is 1.07. The summed E-state index contributed by atoms with van der Waals surface area (Å²) in [6, 6.07) is 9.23. The van der Waals surface area contributed by atoms with Crippen LogP contribution in [0.5, 0.6) is 11.5 Å². The Morgan fingerprint density at radius 3 is 2.87 bits per heavy atom. The lowest BCUT2D eigenvalue weighted by atomic mass is 10.2.